The predicted molar refractivity (Wildman–Crippen MR) is 56.9 cm³/mol. The van der Waals surface area contributed by atoms with Gasteiger partial charge in [-0.05, 0) is 18.1 Å². The van der Waals surface area contributed by atoms with Crippen LogP contribution in [0.4, 0.5) is 0 Å². The van der Waals surface area contributed by atoms with E-state index in [1.807, 2.05) is 19.2 Å². The Balaban J connectivity index is 2.51. The summed E-state index contributed by atoms with van der Waals surface area (Å²) in [5.41, 5.74) is 2.50. The molecular weight excluding hydrogens is 172 g/mol. The SMILES string of the molecule is Cn1cc(CCC#N)c2ccccc21. The Morgan fingerprint density at radius 2 is 2.14 bits per heavy atom. The summed E-state index contributed by atoms with van der Waals surface area (Å²) in [5.74, 6) is 0. The first-order valence-electron chi connectivity index (χ1n) is 4.73. The minimum Gasteiger partial charge on any atom is -0.350 e. The second kappa shape index (κ2) is 3.55. The molecule has 0 aliphatic rings. The first-order chi connectivity index (χ1) is 6.83. The Hall–Kier alpha value is -1.75. The van der Waals surface area contributed by atoms with Crippen molar-refractivity contribution in [1.29, 1.82) is 5.26 Å². The molecule has 1 heterocycles. The molecule has 0 N–H and O–H groups in total. The number of nitrogens with zero attached hydrogens (tertiary/aromatic N) is 2. The highest BCUT2D eigenvalue weighted by Gasteiger charge is 2.04. The molecule has 70 valence electrons. The van der Waals surface area contributed by atoms with Gasteiger partial charge in [-0.25, -0.2) is 0 Å². The van der Waals surface area contributed by atoms with E-state index in [-0.39, 0.29) is 0 Å². The molecule has 2 nitrogen and oxygen atoms in total. The number of hydrogen-bond acceptors (Lipinski definition) is 1. The van der Waals surface area contributed by atoms with E-state index in [0.29, 0.717) is 6.42 Å². The average Bonchev–Trinajstić information content (AvgIpc) is 2.54. The molecule has 1 aromatic carbocycles. The zero-order valence-corrected chi connectivity index (χ0v) is 8.20. The maximum atomic E-state index is 8.55. The number of aromatic nitrogens is 1. The molecule has 0 aliphatic carbocycles. The zero-order valence-electron chi connectivity index (χ0n) is 8.20. The van der Waals surface area contributed by atoms with Crippen molar-refractivity contribution in [3.63, 3.8) is 0 Å². The van der Waals surface area contributed by atoms with Gasteiger partial charge in [-0.2, -0.15) is 5.26 Å². The first kappa shape index (κ1) is 8.83. The lowest BCUT2D eigenvalue weighted by atomic mass is 10.1. The lowest BCUT2D eigenvalue weighted by Gasteiger charge is -1.93. The Morgan fingerprint density at radius 1 is 1.36 bits per heavy atom. The molecule has 0 aliphatic heterocycles. The summed E-state index contributed by atoms with van der Waals surface area (Å²) in [5, 5.41) is 9.82. The van der Waals surface area contributed by atoms with Crippen molar-refractivity contribution in [3.8, 4) is 6.07 Å². The third-order valence-corrected chi connectivity index (χ3v) is 2.49. The second-order valence-corrected chi connectivity index (χ2v) is 3.44. The summed E-state index contributed by atoms with van der Waals surface area (Å²) in [4.78, 5) is 0. The smallest absolute Gasteiger partial charge is 0.0625 e. The topological polar surface area (TPSA) is 28.7 Å². The van der Waals surface area contributed by atoms with Gasteiger partial charge in [0, 0.05) is 30.6 Å². The van der Waals surface area contributed by atoms with Gasteiger partial charge in [0.15, 0.2) is 0 Å². The van der Waals surface area contributed by atoms with Crippen LogP contribution in [0.2, 0.25) is 0 Å². The molecule has 0 spiro atoms. The van der Waals surface area contributed by atoms with E-state index in [0.717, 1.165) is 6.42 Å². The van der Waals surface area contributed by atoms with Crippen LogP contribution in [0.1, 0.15) is 12.0 Å². The maximum Gasteiger partial charge on any atom is 0.0625 e. The molecule has 0 fully saturated rings. The highest BCUT2D eigenvalue weighted by molar-refractivity contribution is 5.83. The van der Waals surface area contributed by atoms with Gasteiger partial charge >= 0.3 is 0 Å². The third-order valence-electron chi connectivity index (χ3n) is 2.49. The summed E-state index contributed by atoms with van der Waals surface area (Å²) < 4.78 is 2.11. The molecule has 14 heavy (non-hydrogen) atoms. The molecule has 0 atom stereocenters. The summed E-state index contributed by atoms with van der Waals surface area (Å²) in [6, 6.07) is 10.5. The minimum atomic E-state index is 0.591. The Labute approximate surface area is 83.4 Å². The van der Waals surface area contributed by atoms with Crippen molar-refractivity contribution in [3.05, 3.63) is 36.0 Å². The Kier molecular flexibility index (Phi) is 2.24. The molecule has 0 saturated carbocycles. The van der Waals surface area contributed by atoms with Gasteiger partial charge in [0.2, 0.25) is 0 Å². The fraction of sp³-hybridized carbons (Fsp3) is 0.250. The van der Waals surface area contributed by atoms with Crippen LogP contribution in [0.3, 0.4) is 0 Å². The zero-order chi connectivity index (χ0) is 9.97. The van der Waals surface area contributed by atoms with Gasteiger partial charge in [0.05, 0.1) is 6.07 Å². The van der Waals surface area contributed by atoms with E-state index < -0.39 is 0 Å². The molecular formula is C12H12N2. The van der Waals surface area contributed by atoms with Crippen LogP contribution in [0.5, 0.6) is 0 Å². The number of para-hydroxylation sites is 1. The Bertz CT molecular complexity index is 488. The number of hydrogen-bond donors (Lipinski definition) is 0. The van der Waals surface area contributed by atoms with E-state index in [1.165, 1.54) is 16.5 Å². The van der Waals surface area contributed by atoms with Crippen LogP contribution >= 0.6 is 0 Å². The standard InChI is InChI=1S/C12H12N2/c1-14-9-10(5-4-8-13)11-6-2-3-7-12(11)14/h2-3,6-7,9H,4-5H2,1H3. The minimum absolute atomic E-state index is 0.591. The summed E-state index contributed by atoms with van der Waals surface area (Å²) >= 11 is 0. The van der Waals surface area contributed by atoms with Gasteiger partial charge < -0.3 is 4.57 Å². The third kappa shape index (κ3) is 1.38. The van der Waals surface area contributed by atoms with Crippen molar-refractivity contribution >= 4 is 10.9 Å². The quantitative estimate of drug-likeness (QED) is 0.705. The molecule has 0 bridgehead atoms. The number of aryl methyl sites for hydroxylation is 2. The fourth-order valence-electron chi connectivity index (χ4n) is 1.82. The van der Waals surface area contributed by atoms with Gasteiger partial charge in [-0.15, -0.1) is 0 Å². The number of rotatable bonds is 2. The molecule has 2 aromatic rings. The summed E-state index contributed by atoms with van der Waals surface area (Å²) in [7, 11) is 2.04. The lowest BCUT2D eigenvalue weighted by Crippen LogP contribution is -1.82. The van der Waals surface area contributed by atoms with E-state index in [2.05, 4.69) is 29.0 Å². The van der Waals surface area contributed by atoms with Crippen LogP contribution < -0.4 is 0 Å². The molecule has 0 radical (unpaired) electrons. The first-order valence-corrected chi connectivity index (χ1v) is 4.73. The largest absolute Gasteiger partial charge is 0.350 e. The maximum absolute atomic E-state index is 8.55. The van der Waals surface area contributed by atoms with Crippen molar-refractivity contribution < 1.29 is 0 Å². The van der Waals surface area contributed by atoms with Crippen LogP contribution in [0, 0.1) is 11.3 Å². The monoisotopic (exact) mass is 184 g/mol. The van der Waals surface area contributed by atoms with E-state index in [9.17, 15) is 0 Å². The highest BCUT2D eigenvalue weighted by Crippen LogP contribution is 2.21. The molecule has 0 unspecified atom stereocenters. The average molecular weight is 184 g/mol. The van der Waals surface area contributed by atoms with Crippen LogP contribution in [0.25, 0.3) is 10.9 Å². The van der Waals surface area contributed by atoms with Gasteiger partial charge in [-0.3, -0.25) is 0 Å². The van der Waals surface area contributed by atoms with E-state index in [1.54, 1.807) is 0 Å². The van der Waals surface area contributed by atoms with Gasteiger partial charge in [-0.1, -0.05) is 18.2 Å². The number of nitriles is 1. The summed E-state index contributed by atoms with van der Waals surface area (Å²) in [6.45, 7) is 0. The van der Waals surface area contributed by atoms with Gasteiger partial charge in [0.25, 0.3) is 0 Å². The molecule has 0 saturated heterocycles. The van der Waals surface area contributed by atoms with E-state index in [4.69, 9.17) is 5.26 Å². The normalized spacial score (nSPS) is 10.3. The van der Waals surface area contributed by atoms with Crippen LogP contribution in [0.15, 0.2) is 30.5 Å². The van der Waals surface area contributed by atoms with Crippen molar-refractivity contribution in [2.75, 3.05) is 0 Å². The van der Waals surface area contributed by atoms with Crippen LogP contribution in [-0.2, 0) is 13.5 Å². The second-order valence-electron chi connectivity index (χ2n) is 3.44. The highest BCUT2D eigenvalue weighted by atomic mass is 14.9. The predicted octanol–water partition coefficient (Wildman–Crippen LogP) is 2.63. The molecule has 1 aromatic heterocycles. The number of fused-ring (bicyclic) bond motifs is 1. The fourth-order valence-corrected chi connectivity index (χ4v) is 1.82. The van der Waals surface area contributed by atoms with Crippen molar-refractivity contribution in [2.24, 2.45) is 7.05 Å². The van der Waals surface area contributed by atoms with Crippen LogP contribution in [-0.4, -0.2) is 4.57 Å². The molecule has 2 rings (SSSR count). The number of benzene rings is 1. The molecule has 0 amide bonds. The van der Waals surface area contributed by atoms with E-state index >= 15 is 0 Å². The van der Waals surface area contributed by atoms with Crippen molar-refractivity contribution in [2.45, 2.75) is 12.8 Å². The summed E-state index contributed by atoms with van der Waals surface area (Å²) in [6.07, 6.45) is 3.55. The Morgan fingerprint density at radius 3 is 2.93 bits per heavy atom. The molecule has 2 heteroatoms. The van der Waals surface area contributed by atoms with Gasteiger partial charge in [0.1, 0.15) is 0 Å². The lowest BCUT2D eigenvalue weighted by molar-refractivity contribution is 0.940. The van der Waals surface area contributed by atoms with Crippen molar-refractivity contribution in [1.82, 2.24) is 4.57 Å².